The number of hydrogen-bond acceptors (Lipinski definition) is 5. The number of methoxy groups -OCH3 is 1. The van der Waals surface area contributed by atoms with Gasteiger partial charge in [-0.25, -0.2) is 9.48 Å². The molecule has 3 aromatic rings. The summed E-state index contributed by atoms with van der Waals surface area (Å²) >= 11 is 0. The van der Waals surface area contributed by atoms with Crippen molar-refractivity contribution in [1.82, 2.24) is 9.78 Å². The number of hydrogen-bond donors (Lipinski definition) is 3. The van der Waals surface area contributed by atoms with Gasteiger partial charge in [-0.15, -0.1) is 0 Å². The second-order valence-corrected chi connectivity index (χ2v) is 7.38. The van der Waals surface area contributed by atoms with E-state index in [9.17, 15) is 14.7 Å². The number of anilines is 2. The van der Waals surface area contributed by atoms with E-state index in [1.54, 1.807) is 23.9 Å². The number of ether oxygens (including phenoxy) is 1. The average Bonchev–Trinajstić information content (AvgIpc) is 3.16. The smallest absolute Gasteiger partial charge is 0.352 e. The maximum Gasteiger partial charge on any atom is 0.352 e. The summed E-state index contributed by atoms with van der Waals surface area (Å²) < 4.78 is 7.03. The van der Waals surface area contributed by atoms with E-state index < -0.39 is 12.0 Å². The highest BCUT2D eigenvalue weighted by molar-refractivity contribution is 6.08. The fourth-order valence-corrected chi connectivity index (χ4v) is 3.76. The molecular formula is C23H22N4O4. The van der Waals surface area contributed by atoms with Gasteiger partial charge in [0.15, 0.2) is 0 Å². The third-order valence-corrected chi connectivity index (χ3v) is 5.05. The third kappa shape index (κ3) is 3.87. The number of aryl methyl sites for hydroxylation is 2. The van der Waals surface area contributed by atoms with Crippen molar-refractivity contribution in [2.24, 2.45) is 0 Å². The highest BCUT2D eigenvalue weighted by Gasteiger charge is 2.30. The van der Waals surface area contributed by atoms with Crippen LogP contribution < -0.4 is 15.4 Å². The summed E-state index contributed by atoms with van der Waals surface area (Å²) in [5.41, 5.74) is 3.65. The largest absolute Gasteiger partial charge is 0.496 e. The van der Waals surface area contributed by atoms with Gasteiger partial charge in [0.25, 0.3) is 5.91 Å². The van der Waals surface area contributed by atoms with E-state index in [-0.39, 0.29) is 17.2 Å². The van der Waals surface area contributed by atoms with Crippen LogP contribution in [0.2, 0.25) is 0 Å². The zero-order chi connectivity index (χ0) is 22.1. The van der Waals surface area contributed by atoms with Gasteiger partial charge in [-0.3, -0.25) is 4.79 Å². The number of carboxylic acids is 1. The van der Waals surface area contributed by atoms with Gasteiger partial charge in [0, 0.05) is 11.3 Å². The molecule has 1 aromatic heterocycles. The first-order valence-electron chi connectivity index (χ1n) is 9.69. The number of allylic oxidation sites excluding steroid dienone is 1. The third-order valence-electron chi connectivity index (χ3n) is 5.05. The number of rotatable bonds is 5. The molecule has 1 amide bonds. The Morgan fingerprint density at radius 2 is 1.87 bits per heavy atom. The van der Waals surface area contributed by atoms with Gasteiger partial charge in [0.1, 0.15) is 28.9 Å². The highest BCUT2D eigenvalue weighted by Crippen LogP contribution is 2.36. The lowest BCUT2D eigenvalue weighted by Crippen LogP contribution is -2.26. The Morgan fingerprint density at radius 3 is 2.55 bits per heavy atom. The maximum absolute atomic E-state index is 13.0. The molecular weight excluding hydrogens is 396 g/mol. The number of benzene rings is 2. The van der Waals surface area contributed by atoms with E-state index in [1.807, 2.05) is 50.2 Å². The van der Waals surface area contributed by atoms with Crippen LogP contribution in [0.1, 0.15) is 33.1 Å². The Hall–Kier alpha value is -4.07. The molecule has 0 bridgehead atoms. The molecule has 0 saturated heterocycles. The molecule has 0 spiro atoms. The molecule has 0 aliphatic carbocycles. The number of carbonyl (C=O) groups excluding carboxylic acids is 1. The Kier molecular flexibility index (Phi) is 5.21. The first-order chi connectivity index (χ1) is 14.9. The lowest BCUT2D eigenvalue weighted by atomic mass is 10.0. The van der Waals surface area contributed by atoms with Gasteiger partial charge < -0.3 is 20.5 Å². The Labute approximate surface area is 179 Å². The maximum atomic E-state index is 13.0. The van der Waals surface area contributed by atoms with Crippen LogP contribution in [0.3, 0.4) is 0 Å². The Balaban J connectivity index is 1.75. The van der Waals surface area contributed by atoms with E-state index in [0.29, 0.717) is 17.3 Å². The van der Waals surface area contributed by atoms with Gasteiger partial charge in [0.2, 0.25) is 0 Å². The number of para-hydroxylation sites is 1. The quantitative estimate of drug-likeness (QED) is 0.583. The fraction of sp³-hybridized carbons (Fsp3) is 0.174. The highest BCUT2D eigenvalue weighted by atomic mass is 16.5. The van der Waals surface area contributed by atoms with Crippen LogP contribution in [-0.4, -0.2) is 33.9 Å². The van der Waals surface area contributed by atoms with Gasteiger partial charge in [-0.1, -0.05) is 24.3 Å². The standard InChI is InChI=1S/C23H22N4O4/c1-13-8-14(2)10-15(9-13)25-22(28)17-12-24-27-19(11-18(23(29)30)26-21(17)27)16-6-4-5-7-20(16)31-3/h4-12,19,26H,1-3H3,(H,25,28)(H,29,30)/t19-/m0/s1. The van der Waals surface area contributed by atoms with Crippen LogP contribution in [0.15, 0.2) is 60.4 Å². The number of aliphatic carboxylic acids is 1. The van der Waals surface area contributed by atoms with Crippen molar-refractivity contribution < 1.29 is 19.4 Å². The number of fused-ring (bicyclic) bond motifs is 1. The molecule has 0 unspecified atom stereocenters. The van der Waals surface area contributed by atoms with Gasteiger partial charge >= 0.3 is 5.97 Å². The molecule has 0 fully saturated rings. The summed E-state index contributed by atoms with van der Waals surface area (Å²) in [6.45, 7) is 3.90. The van der Waals surface area contributed by atoms with Gasteiger partial charge in [-0.2, -0.15) is 5.10 Å². The van der Waals surface area contributed by atoms with E-state index >= 15 is 0 Å². The normalized spacial score (nSPS) is 14.8. The number of nitrogens with one attached hydrogen (secondary N) is 2. The number of carboxylic acid groups (broad SMARTS) is 1. The summed E-state index contributed by atoms with van der Waals surface area (Å²) in [5.74, 6) is -0.618. The van der Waals surface area contributed by atoms with Crippen LogP contribution in [0, 0.1) is 13.8 Å². The summed E-state index contributed by atoms with van der Waals surface area (Å²) in [6.07, 6.45) is 2.98. The monoisotopic (exact) mass is 418 g/mol. The molecule has 0 saturated carbocycles. The number of amides is 1. The predicted molar refractivity (Wildman–Crippen MR) is 117 cm³/mol. The molecule has 8 heteroatoms. The SMILES string of the molecule is COc1ccccc1[C@@H]1C=C(C(=O)O)Nc2c(C(=O)Nc3cc(C)cc(C)c3)cnn21. The van der Waals surface area contributed by atoms with E-state index in [2.05, 4.69) is 15.7 Å². The Bertz CT molecular complexity index is 1190. The summed E-state index contributed by atoms with van der Waals surface area (Å²) in [6, 6.07) is 12.5. The van der Waals surface area contributed by atoms with Crippen molar-refractivity contribution in [3.8, 4) is 5.75 Å². The minimum absolute atomic E-state index is 0.0376. The lowest BCUT2D eigenvalue weighted by molar-refractivity contribution is -0.132. The van der Waals surface area contributed by atoms with E-state index in [0.717, 1.165) is 16.7 Å². The average molecular weight is 418 g/mol. The van der Waals surface area contributed by atoms with Gasteiger partial charge in [-0.05, 0) is 49.2 Å². The molecule has 8 nitrogen and oxygen atoms in total. The van der Waals surface area contributed by atoms with Crippen LogP contribution in [-0.2, 0) is 4.79 Å². The lowest BCUT2D eigenvalue weighted by Gasteiger charge is -2.25. The second kappa shape index (κ2) is 7.98. The molecule has 2 heterocycles. The van der Waals surface area contributed by atoms with E-state index in [4.69, 9.17) is 4.74 Å². The van der Waals surface area contributed by atoms with E-state index in [1.165, 1.54) is 6.20 Å². The zero-order valence-electron chi connectivity index (χ0n) is 17.3. The summed E-state index contributed by atoms with van der Waals surface area (Å²) in [4.78, 5) is 24.8. The van der Waals surface area contributed by atoms with Crippen LogP contribution in [0.5, 0.6) is 5.75 Å². The topological polar surface area (TPSA) is 105 Å². The molecule has 4 rings (SSSR count). The predicted octanol–water partition coefficient (Wildman–Crippen LogP) is 3.74. The van der Waals surface area contributed by atoms with Crippen molar-refractivity contribution in [2.45, 2.75) is 19.9 Å². The minimum atomic E-state index is -1.13. The van der Waals surface area contributed by atoms with Crippen LogP contribution in [0.4, 0.5) is 11.5 Å². The molecule has 31 heavy (non-hydrogen) atoms. The summed E-state index contributed by atoms with van der Waals surface area (Å²) in [5, 5.41) is 19.7. The van der Waals surface area contributed by atoms with Crippen molar-refractivity contribution in [3.05, 3.63) is 82.7 Å². The Morgan fingerprint density at radius 1 is 1.16 bits per heavy atom. The first-order valence-corrected chi connectivity index (χ1v) is 9.69. The van der Waals surface area contributed by atoms with Crippen LogP contribution in [0.25, 0.3) is 0 Å². The molecule has 2 aromatic carbocycles. The van der Waals surface area contributed by atoms with Crippen molar-refractivity contribution >= 4 is 23.4 Å². The second-order valence-electron chi connectivity index (χ2n) is 7.38. The minimum Gasteiger partial charge on any atom is -0.496 e. The summed E-state index contributed by atoms with van der Waals surface area (Å²) in [7, 11) is 1.55. The molecule has 1 aliphatic heterocycles. The molecule has 1 aliphatic rings. The van der Waals surface area contributed by atoms with Crippen molar-refractivity contribution in [3.63, 3.8) is 0 Å². The van der Waals surface area contributed by atoms with Crippen molar-refractivity contribution in [2.75, 3.05) is 17.7 Å². The molecule has 158 valence electrons. The molecule has 0 radical (unpaired) electrons. The number of nitrogens with zero attached hydrogens (tertiary/aromatic N) is 2. The first kappa shape index (κ1) is 20.2. The fourth-order valence-electron chi connectivity index (χ4n) is 3.76. The number of carbonyl (C=O) groups is 2. The van der Waals surface area contributed by atoms with Crippen LogP contribution >= 0.6 is 0 Å². The number of aromatic nitrogens is 2. The molecule has 3 N–H and O–H groups in total. The zero-order valence-corrected chi connectivity index (χ0v) is 17.3. The van der Waals surface area contributed by atoms with Gasteiger partial charge in [0.05, 0.1) is 13.3 Å². The van der Waals surface area contributed by atoms with Crippen molar-refractivity contribution in [1.29, 1.82) is 0 Å². The molecule has 1 atom stereocenters.